The van der Waals surface area contributed by atoms with Crippen molar-refractivity contribution >= 4 is 22.4 Å². The maximum atomic E-state index is 4.68. The van der Waals surface area contributed by atoms with Crippen LogP contribution in [-0.2, 0) is 6.54 Å². The number of benzene rings is 1. The van der Waals surface area contributed by atoms with Crippen LogP contribution in [0.3, 0.4) is 0 Å². The number of hydrogen-bond donors (Lipinski definition) is 0. The highest BCUT2D eigenvalue weighted by molar-refractivity contribution is 5.77. The minimum atomic E-state index is 0.618. The number of imidazole rings is 1. The van der Waals surface area contributed by atoms with Crippen LogP contribution in [0.25, 0.3) is 16.9 Å². The van der Waals surface area contributed by atoms with Crippen molar-refractivity contribution in [3.05, 3.63) is 104 Å². The summed E-state index contributed by atoms with van der Waals surface area (Å²) >= 11 is 0. The number of rotatable bonds is 5. The van der Waals surface area contributed by atoms with E-state index in [2.05, 4.69) is 37.0 Å². The number of nitrogens with zero attached hydrogens (tertiary/aromatic N) is 6. The third-order valence-electron chi connectivity index (χ3n) is 4.79. The van der Waals surface area contributed by atoms with E-state index in [1.54, 1.807) is 12.4 Å². The molecule has 0 aliphatic heterocycles. The molecule has 0 bridgehead atoms. The highest BCUT2D eigenvalue weighted by atomic mass is 15.2. The van der Waals surface area contributed by atoms with Gasteiger partial charge in [0.25, 0.3) is 0 Å². The molecule has 0 radical (unpaired) electrons. The first-order valence-electron chi connectivity index (χ1n) is 9.34. The molecule has 140 valence electrons. The topological polar surface area (TPSA) is 59.7 Å². The minimum absolute atomic E-state index is 0.618. The second-order valence-electron chi connectivity index (χ2n) is 6.60. The van der Waals surface area contributed by atoms with Crippen molar-refractivity contribution in [3.63, 3.8) is 0 Å². The van der Waals surface area contributed by atoms with Gasteiger partial charge in [-0.05, 0) is 42.5 Å². The molecule has 0 saturated carbocycles. The average molecular weight is 378 g/mol. The van der Waals surface area contributed by atoms with Crippen molar-refractivity contribution in [1.29, 1.82) is 0 Å². The Morgan fingerprint density at radius 1 is 0.724 bits per heavy atom. The maximum Gasteiger partial charge on any atom is 0.143 e. The van der Waals surface area contributed by atoms with E-state index in [0.717, 1.165) is 33.8 Å². The van der Waals surface area contributed by atoms with Crippen LogP contribution in [0.2, 0.25) is 0 Å². The molecule has 4 aromatic heterocycles. The van der Waals surface area contributed by atoms with Crippen molar-refractivity contribution in [3.8, 4) is 5.82 Å². The first-order chi connectivity index (χ1) is 14.4. The number of anilines is 2. The van der Waals surface area contributed by atoms with Crippen LogP contribution in [0.5, 0.6) is 0 Å². The lowest BCUT2D eigenvalue weighted by molar-refractivity contribution is 0.911. The summed E-state index contributed by atoms with van der Waals surface area (Å²) in [5.74, 6) is 0.860. The summed E-state index contributed by atoms with van der Waals surface area (Å²) in [5.41, 5.74) is 5.03. The molecule has 0 amide bonds. The number of aromatic nitrogens is 5. The molecular weight excluding hydrogens is 360 g/mol. The molecule has 5 aromatic rings. The molecule has 29 heavy (non-hydrogen) atoms. The van der Waals surface area contributed by atoms with Crippen LogP contribution >= 0.6 is 0 Å². The van der Waals surface area contributed by atoms with E-state index in [4.69, 9.17) is 0 Å². The molecule has 1 aromatic carbocycles. The van der Waals surface area contributed by atoms with Gasteiger partial charge in [0.05, 0.1) is 41.3 Å². The van der Waals surface area contributed by atoms with Gasteiger partial charge in [0.1, 0.15) is 12.1 Å². The van der Waals surface area contributed by atoms with E-state index in [1.807, 2.05) is 78.0 Å². The van der Waals surface area contributed by atoms with Gasteiger partial charge in [-0.15, -0.1) is 0 Å². The molecular formula is C23H18N6. The summed E-state index contributed by atoms with van der Waals surface area (Å²) in [4.78, 5) is 20.0. The largest absolute Gasteiger partial charge is 0.334 e. The quantitative estimate of drug-likeness (QED) is 0.449. The van der Waals surface area contributed by atoms with Crippen molar-refractivity contribution in [1.82, 2.24) is 24.5 Å². The van der Waals surface area contributed by atoms with Crippen molar-refractivity contribution in [2.75, 3.05) is 4.90 Å². The Labute approximate surface area is 168 Å². The first-order valence-corrected chi connectivity index (χ1v) is 9.34. The molecule has 0 aliphatic rings. The van der Waals surface area contributed by atoms with Crippen LogP contribution in [-0.4, -0.2) is 24.5 Å². The fourth-order valence-corrected chi connectivity index (χ4v) is 3.43. The summed E-state index contributed by atoms with van der Waals surface area (Å²) < 4.78 is 2.04. The summed E-state index contributed by atoms with van der Waals surface area (Å²) in [5, 5.41) is 0. The van der Waals surface area contributed by atoms with Crippen molar-refractivity contribution in [2.24, 2.45) is 0 Å². The number of fused-ring (bicyclic) bond motifs is 1. The molecule has 0 fully saturated rings. The van der Waals surface area contributed by atoms with Gasteiger partial charge in [-0.2, -0.15) is 0 Å². The normalized spacial score (nSPS) is 10.9. The molecule has 0 aliphatic carbocycles. The van der Waals surface area contributed by atoms with Crippen LogP contribution in [0.15, 0.2) is 98.0 Å². The van der Waals surface area contributed by atoms with Gasteiger partial charge >= 0.3 is 0 Å². The fourth-order valence-electron chi connectivity index (χ4n) is 3.43. The molecule has 4 heterocycles. The molecule has 0 saturated heterocycles. The standard InChI is InChI=1S/C23H18N6/c1-2-10-22-21(9-1)27-17-29(22)23-18(6-3-13-26-23)16-28(19-7-4-11-24-14-19)20-8-5-12-25-15-20/h1-15,17H,16H2. The van der Waals surface area contributed by atoms with E-state index in [9.17, 15) is 0 Å². The molecule has 6 nitrogen and oxygen atoms in total. The van der Waals surface area contributed by atoms with Gasteiger partial charge in [-0.25, -0.2) is 9.97 Å². The zero-order valence-corrected chi connectivity index (χ0v) is 15.6. The number of hydrogen-bond acceptors (Lipinski definition) is 5. The number of para-hydroxylation sites is 2. The van der Waals surface area contributed by atoms with Crippen molar-refractivity contribution < 1.29 is 0 Å². The minimum Gasteiger partial charge on any atom is -0.334 e. The van der Waals surface area contributed by atoms with E-state index in [-0.39, 0.29) is 0 Å². The molecule has 0 atom stereocenters. The summed E-state index contributed by atoms with van der Waals surface area (Å²) in [7, 11) is 0. The molecule has 0 spiro atoms. The Morgan fingerprint density at radius 3 is 2.17 bits per heavy atom. The molecule has 0 N–H and O–H groups in total. The third-order valence-corrected chi connectivity index (χ3v) is 4.79. The second kappa shape index (κ2) is 7.52. The van der Waals surface area contributed by atoms with Crippen LogP contribution < -0.4 is 4.90 Å². The summed E-state index contributed by atoms with van der Waals surface area (Å²) in [6.45, 7) is 0.618. The summed E-state index contributed by atoms with van der Waals surface area (Å²) in [6, 6.07) is 20.1. The van der Waals surface area contributed by atoms with Gasteiger partial charge < -0.3 is 4.90 Å². The van der Waals surface area contributed by atoms with Gasteiger partial charge in [0.15, 0.2) is 0 Å². The van der Waals surface area contributed by atoms with Crippen LogP contribution in [0, 0.1) is 0 Å². The first kappa shape index (κ1) is 17.1. The lowest BCUT2D eigenvalue weighted by atomic mass is 10.2. The van der Waals surface area contributed by atoms with Crippen molar-refractivity contribution in [2.45, 2.75) is 6.54 Å². The predicted molar refractivity (Wildman–Crippen MR) is 113 cm³/mol. The Bertz CT molecular complexity index is 1190. The Morgan fingerprint density at radius 2 is 1.45 bits per heavy atom. The van der Waals surface area contributed by atoms with Crippen LogP contribution in [0.4, 0.5) is 11.4 Å². The molecule has 6 heteroatoms. The second-order valence-corrected chi connectivity index (χ2v) is 6.60. The Hall–Kier alpha value is -4.06. The third kappa shape index (κ3) is 3.32. The SMILES string of the molecule is c1cncc(N(Cc2cccnc2-n2cnc3ccccc32)c2cccnc2)c1. The van der Waals surface area contributed by atoms with Crippen LogP contribution in [0.1, 0.15) is 5.56 Å². The fraction of sp³-hybridized carbons (Fsp3) is 0.0435. The average Bonchev–Trinajstić information content (AvgIpc) is 3.23. The monoisotopic (exact) mass is 378 g/mol. The van der Waals surface area contributed by atoms with Gasteiger partial charge in [-0.1, -0.05) is 18.2 Å². The van der Waals surface area contributed by atoms with E-state index >= 15 is 0 Å². The maximum absolute atomic E-state index is 4.68. The number of pyridine rings is 3. The lowest BCUT2D eigenvalue weighted by Crippen LogP contribution is -2.18. The smallest absolute Gasteiger partial charge is 0.143 e. The highest BCUT2D eigenvalue weighted by Gasteiger charge is 2.15. The van der Waals surface area contributed by atoms with Gasteiger partial charge in [-0.3, -0.25) is 14.5 Å². The molecule has 5 rings (SSSR count). The predicted octanol–water partition coefficient (Wildman–Crippen LogP) is 4.55. The van der Waals surface area contributed by atoms with E-state index in [1.165, 1.54) is 0 Å². The van der Waals surface area contributed by atoms with Gasteiger partial charge in [0.2, 0.25) is 0 Å². The Kier molecular flexibility index (Phi) is 4.42. The Balaban J connectivity index is 1.61. The van der Waals surface area contributed by atoms with E-state index in [0.29, 0.717) is 6.54 Å². The van der Waals surface area contributed by atoms with E-state index < -0.39 is 0 Å². The summed E-state index contributed by atoms with van der Waals surface area (Å²) in [6.07, 6.45) is 10.9. The van der Waals surface area contributed by atoms with Gasteiger partial charge in [0, 0.05) is 24.2 Å². The molecule has 0 unspecified atom stereocenters. The zero-order valence-electron chi connectivity index (χ0n) is 15.6. The lowest BCUT2D eigenvalue weighted by Gasteiger charge is -2.25. The highest BCUT2D eigenvalue weighted by Crippen LogP contribution is 2.28. The zero-order chi connectivity index (χ0) is 19.5.